The second kappa shape index (κ2) is 7.19. The average Bonchev–Trinajstić information content (AvgIpc) is 2.57. The molecule has 2 heterocycles. The van der Waals surface area contributed by atoms with Crippen LogP contribution in [0.1, 0.15) is 36.8 Å². The summed E-state index contributed by atoms with van der Waals surface area (Å²) in [6.07, 6.45) is 3.69. The number of β-amino-alcohol motifs (C(OH)–C–C–N with tert-alkyl or cyclic N) is 1. The van der Waals surface area contributed by atoms with Gasteiger partial charge in [0.1, 0.15) is 5.82 Å². The number of carbonyl (C=O) groups is 1. The Labute approximate surface area is 143 Å². The van der Waals surface area contributed by atoms with Gasteiger partial charge >= 0.3 is 0 Å². The van der Waals surface area contributed by atoms with Crippen LogP contribution in [-0.4, -0.2) is 53.6 Å². The van der Waals surface area contributed by atoms with Gasteiger partial charge in [0.25, 0.3) is 0 Å². The molecule has 1 amide bonds. The van der Waals surface area contributed by atoms with E-state index < -0.39 is 0 Å². The molecular weight excluding hydrogens is 307 g/mol. The van der Waals surface area contributed by atoms with E-state index in [1.54, 1.807) is 13.0 Å². The van der Waals surface area contributed by atoms with Crippen LogP contribution in [0.5, 0.6) is 0 Å². The van der Waals surface area contributed by atoms with Crippen LogP contribution in [0.25, 0.3) is 0 Å². The number of likely N-dealkylation sites (tertiary alicyclic amines) is 2. The summed E-state index contributed by atoms with van der Waals surface area (Å²) in [6.45, 7) is 5.80. The number of halogens is 1. The van der Waals surface area contributed by atoms with Crippen LogP contribution >= 0.6 is 0 Å². The summed E-state index contributed by atoms with van der Waals surface area (Å²) in [5.41, 5.74) is 1.92. The second-order valence-corrected chi connectivity index (χ2v) is 7.40. The summed E-state index contributed by atoms with van der Waals surface area (Å²) in [4.78, 5) is 16.1. The molecule has 0 unspecified atom stereocenters. The van der Waals surface area contributed by atoms with Crippen LogP contribution in [-0.2, 0) is 11.3 Å². The third-order valence-corrected chi connectivity index (χ3v) is 5.68. The minimum atomic E-state index is -0.133. The van der Waals surface area contributed by atoms with Crippen LogP contribution in [0.4, 0.5) is 4.39 Å². The number of aryl methyl sites for hydroxylation is 1. The minimum absolute atomic E-state index is 0.0347. The lowest BCUT2D eigenvalue weighted by Crippen LogP contribution is -2.51. The molecule has 24 heavy (non-hydrogen) atoms. The third-order valence-electron chi connectivity index (χ3n) is 5.68. The molecule has 0 saturated carbocycles. The Hall–Kier alpha value is -1.46. The molecule has 1 spiro atoms. The van der Waals surface area contributed by atoms with Crippen molar-refractivity contribution < 1.29 is 14.3 Å². The van der Waals surface area contributed by atoms with Gasteiger partial charge in [-0.2, -0.15) is 0 Å². The van der Waals surface area contributed by atoms with Gasteiger partial charge in [-0.15, -0.1) is 0 Å². The second-order valence-electron chi connectivity index (χ2n) is 7.40. The minimum Gasteiger partial charge on any atom is -0.395 e. The maximum Gasteiger partial charge on any atom is 0.222 e. The lowest BCUT2D eigenvalue weighted by molar-refractivity contribution is -0.139. The number of amides is 1. The van der Waals surface area contributed by atoms with Crippen LogP contribution < -0.4 is 0 Å². The molecule has 0 radical (unpaired) electrons. The van der Waals surface area contributed by atoms with E-state index in [0.717, 1.165) is 51.0 Å². The number of hydrogen-bond donors (Lipinski definition) is 1. The van der Waals surface area contributed by atoms with Gasteiger partial charge in [-0.25, -0.2) is 4.39 Å². The first-order chi connectivity index (χ1) is 11.5. The predicted molar refractivity (Wildman–Crippen MR) is 91.0 cm³/mol. The molecule has 2 saturated heterocycles. The highest BCUT2D eigenvalue weighted by Gasteiger charge is 2.40. The summed E-state index contributed by atoms with van der Waals surface area (Å²) < 4.78 is 13.7. The fraction of sp³-hybridized carbons (Fsp3) is 0.632. The normalized spacial score (nSPS) is 21.5. The molecular formula is C19H27FN2O2. The Morgan fingerprint density at radius 2 is 2.00 bits per heavy atom. The highest BCUT2D eigenvalue weighted by molar-refractivity contribution is 5.77. The van der Waals surface area contributed by atoms with Gasteiger partial charge < -0.3 is 10.0 Å². The van der Waals surface area contributed by atoms with E-state index in [4.69, 9.17) is 5.11 Å². The average molecular weight is 334 g/mol. The number of piperidine rings is 2. The number of benzene rings is 1. The molecule has 4 nitrogen and oxygen atoms in total. The molecule has 0 atom stereocenters. The van der Waals surface area contributed by atoms with Crippen molar-refractivity contribution in [2.45, 2.75) is 39.2 Å². The number of aliphatic hydroxyl groups is 1. The largest absolute Gasteiger partial charge is 0.395 e. The van der Waals surface area contributed by atoms with Gasteiger partial charge in [0.15, 0.2) is 0 Å². The molecule has 1 N–H and O–H groups in total. The Bertz CT molecular complexity index is 597. The maximum atomic E-state index is 13.7. The highest BCUT2D eigenvalue weighted by atomic mass is 19.1. The van der Waals surface area contributed by atoms with Gasteiger partial charge in [0.2, 0.25) is 5.91 Å². The van der Waals surface area contributed by atoms with E-state index in [0.29, 0.717) is 18.5 Å². The highest BCUT2D eigenvalue weighted by Crippen LogP contribution is 2.40. The first-order valence-corrected chi connectivity index (χ1v) is 8.87. The first-order valence-electron chi connectivity index (χ1n) is 8.87. The van der Waals surface area contributed by atoms with E-state index in [1.165, 1.54) is 0 Å². The van der Waals surface area contributed by atoms with E-state index in [1.807, 2.05) is 17.0 Å². The summed E-state index contributed by atoms with van der Waals surface area (Å²) in [7, 11) is 0. The smallest absolute Gasteiger partial charge is 0.222 e. The molecule has 132 valence electrons. The van der Waals surface area contributed by atoms with Gasteiger partial charge in [0, 0.05) is 26.1 Å². The van der Waals surface area contributed by atoms with Crippen molar-refractivity contribution in [3.05, 3.63) is 35.1 Å². The third kappa shape index (κ3) is 3.78. The predicted octanol–water partition coefficient (Wildman–Crippen LogP) is 2.33. The summed E-state index contributed by atoms with van der Waals surface area (Å²) in [5.74, 6) is 0.0404. The van der Waals surface area contributed by atoms with Gasteiger partial charge in [-0.3, -0.25) is 9.69 Å². The van der Waals surface area contributed by atoms with Gasteiger partial charge in [-0.05, 0) is 61.9 Å². The monoisotopic (exact) mass is 334 g/mol. The van der Waals surface area contributed by atoms with Crippen molar-refractivity contribution in [3.63, 3.8) is 0 Å². The molecule has 5 heteroatoms. The molecule has 1 aromatic rings. The van der Waals surface area contributed by atoms with E-state index in [-0.39, 0.29) is 23.7 Å². The number of rotatable bonds is 4. The van der Waals surface area contributed by atoms with Gasteiger partial charge in [-0.1, -0.05) is 12.1 Å². The molecule has 2 aliphatic heterocycles. The summed E-state index contributed by atoms with van der Waals surface area (Å²) in [6, 6.07) is 5.49. The zero-order valence-corrected chi connectivity index (χ0v) is 14.4. The molecule has 3 rings (SSSR count). The number of nitrogens with zero attached hydrogens (tertiary/aromatic N) is 2. The van der Waals surface area contributed by atoms with Crippen molar-refractivity contribution in [1.29, 1.82) is 0 Å². The topological polar surface area (TPSA) is 43.8 Å². The fourth-order valence-electron chi connectivity index (χ4n) is 4.01. The standard InChI is InChI=1S/C19H27FN2O2/c1-15-2-3-16(12-17(15)20)13-21-8-6-19(7-9-21)5-4-18(24)22(14-19)10-11-23/h2-3,12,23H,4-11,13-14H2,1H3. The quantitative estimate of drug-likeness (QED) is 0.919. The van der Waals surface area contributed by atoms with Gasteiger partial charge in [0.05, 0.1) is 6.61 Å². The van der Waals surface area contributed by atoms with E-state index in [9.17, 15) is 9.18 Å². The Morgan fingerprint density at radius 1 is 1.25 bits per heavy atom. The van der Waals surface area contributed by atoms with Crippen LogP contribution in [0.15, 0.2) is 18.2 Å². The van der Waals surface area contributed by atoms with E-state index >= 15 is 0 Å². The van der Waals surface area contributed by atoms with Crippen molar-refractivity contribution in [2.24, 2.45) is 5.41 Å². The zero-order valence-electron chi connectivity index (χ0n) is 14.4. The zero-order chi connectivity index (χ0) is 17.2. The Kier molecular flexibility index (Phi) is 5.21. The van der Waals surface area contributed by atoms with Crippen LogP contribution in [0.3, 0.4) is 0 Å². The van der Waals surface area contributed by atoms with Crippen molar-refractivity contribution >= 4 is 5.91 Å². The Morgan fingerprint density at radius 3 is 2.67 bits per heavy atom. The van der Waals surface area contributed by atoms with Crippen molar-refractivity contribution in [1.82, 2.24) is 9.80 Å². The SMILES string of the molecule is Cc1ccc(CN2CCC3(CCC(=O)N(CCO)C3)CC2)cc1F. The fourth-order valence-corrected chi connectivity index (χ4v) is 4.01. The lowest BCUT2D eigenvalue weighted by atomic mass is 9.72. The molecule has 0 aliphatic carbocycles. The van der Waals surface area contributed by atoms with Crippen LogP contribution in [0, 0.1) is 18.2 Å². The van der Waals surface area contributed by atoms with Crippen molar-refractivity contribution in [2.75, 3.05) is 32.8 Å². The summed E-state index contributed by atoms with van der Waals surface area (Å²) >= 11 is 0. The first kappa shape index (κ1) is 17.4. The Balaban J connectivity index is 1.57. The molecule has 0 aromatic heterocycles. The molecule has 2 aliphatic rings. The van der Waals surface area contributed by atoms with Crippen LogP contribution in [0.2, 0.25) is 0 Å². The van der Waals surface area contributed by atoms with E-state index in [2.05, 4.69) is 4.90 Å². The molecule has 1 aromatic carbocycles. The molecule has 0 bridgehead atoms. The number of hydrogen-bond acceptors (Lipinski definition) is 3. The number of aliphatic hydroxyl groups excluding tert-OH is 1. The lowest BCUT2D eigenvalue weighted by Gasteiger charge is -2.47. The maximum absolute atomic E-state index is 13.7. The molecule has 2 fully saturated rings. The number of carbonyl (C=O) groups excluding carboxylic acids is 1. The van der Waals surface area contributed by atoms with Crippen molar-refractivity contribution in [3.8, 4) is 0 Å². The summed E-state index contributed by atoms with van der Waals surface area (Å²) in [5, 5.41) is 9.14.